The van der Waals surface area contributed by atoms with Gasteiger partial charge in [0.15, 0.2) is 0 Å². The maximum atomic E-state index is 11.6. The van der Waals surface area contributed by atoms with Crippen LogP contribution in [0.5, 0.6) is 5.75 Å². The molecule has 0 amide bonds. The number of benzene rings is 1. The summed E-state index contributed by atoms with van der Waals surface area (Å²) < 4.78 is 5.63. The second-order valence-electron chi connectivity index (χ2n) is 6.19. The first-order chi connectivity index (χ1) is 8.87. The van der Waals surface area contributed by atoms with Crippen molar-refractivity contribution in [1.29, 1.82) is 0 Å². The SMILES string of the molecule is CC(C)Oc1ccc(CN2CC(=O)CC2(C)C)cc1. The highest BCUT2D eigenvalue weighted by atomic mass is 16.5. The fourth-order valence-corrected chi connectivity index (χ4v) is 2.51. The fourth-order valence-electron chi connectivity index (χ4n) is 2.51. The van der Waals surface area contributed by atoms with Gasteiger partial charge < -0.3 is 4.74 Å². The lowest BCUT2D eigenvalue weighted by atomic mass is 10.0. The van der Waals surface area contributed by atoms with Gasteiger partial charge in [-0.2, -0.15) is 0 Å². The van der Waals surface area contributed by atoms with Gasteiger partial charge in [-0.25, -0.2) is 0 Å². The van der Waals surface area contributed by atoms with Crippen molar-refractivity contribution < 1.29 is 9.53 Å². The predicted octanol–water partition coefficient (Wildman–Crippen LogP) is 3.03. The number of rotatable bonds is 4. The van der Waals surface area contributed by atoms with Gasteiger partial charge in [0.25, 0.3) is 0 Å². The third kappa shape index (κ3) is 3.57. The summed E-state index contributed by atoms with van der Waals surface area (Å²) >= 11 is 0. The minimum Gasteiger partial charge on any atom is -0.491 e. The fraction of sp³-hybridized carbons (Fsp3) is 0.562. The summed E-state index contributed by atoms with van der Waals surface area (Å²) in [6.45, 7) is 9.69. The minimum atomic E-state index is -0.0236. The van der Waals surface area contributed by atoms with Gasteiger partial charge in [0.2, 0.25) is 0 Å². The van der Waals surface area contributed by atoms with E-state index in [4.69, 9.17) is 4.74 Å². The number of carbonyl (C=O) groups is 1. The molecule has 1 saturated heterocycles. The van der Waals surface area contributed by atoms with E-state index < -0.39 is 0 Å². The van der Waals surface area contributed by atoms with Crippen molar-refractivity contribution >= 4 is 5.78 Å². The van der Waals surface area contributed by atoms with Crippen molar-refractivity contribution in [2.75, 3.05) is 6.54 Å². The highest BCUT2D eigenvalue weighted by Gasteiger charge is 2.36. The number of Topliss-reactive ketones (excluding diaryl/α,β-unsaturated/α-hetero) is 1. The van der Waals surface area contributed by atoms with Crippen LogP contribution in [0.3, 0.4) is 0 Å². The molecular formula is C16H23NO2. The van der Waals surface area contributed by atoms with E-state index in [1.165, 1.54) is 5.56 Å². The van der Waals surface area contributed by atoms with E-state index in [-0.39, 0.29) is 11.6 Å². The number of nitrogens with zero attached hydrogens (tertiary/aromatic N) is 1. The van der Waals surface area contributed by atoms with Crippen molar-refractivity contribution in [2.45, 2.75) is 52.3 Å². The Labute approximate surface area is 115 Å². The van der Waals surface area contributed by atoms with Crippen LogP contribution < -0.4 is 4.74 Å². The molecule has 1 aliphatic heterocycles. The molecule has 3 nitrogen and oxygen atoms in total. The van der Waals surface area contributed by atoms with Crippen molar-refractivity contribution in [3.8, 4) is 5.75 Å². The number of carbonyl (C=O) groups excluding carboxylic acids is 1. The molecule has 0 aliphatic carbocycles. The number of hydrogen-bond acceptors (Lipinski definition) is 3. The van der Waals surface area contributed by atoms with Crippen LogP contribution in [-0.2, 0) is 11.3 Å². The first-order valence-corrected chi connectivity index (χ1v) is 6.89. The topological polar surface area (TPSA) is 29.5 Å². The summed E-state index contributed by atoms with van der Waals surface area (Å²) in [6, 6.07) is 8.16. The zero-order valence-corrected chi connectivity index (χ0v) is 12.3. The Hall–Kier alpha value is -1.35. The first-order valence-electron chi connectivity index (χ1n) is 6.89. The second-order valence-corrected chi connectivity index (χ2v) is 6.19. The molecule has 1 heterocycles. The van der Waals surface area contributed by atoms with Gasteiger partial charge in [0.1, 0.15) is 11.5 Å². The molecule has 104 valence electrons. The smallest absolute Gasteiger partial charge is 0.148 e. The summed E-state index contributed by atoms with van der Waals surface area (Å²) in [4.78, 5) is 13.8. The molecule has 0 unspecified atom stereocenters. The largest absolute Gasteiger partial charge is 0.491 e. The average Bonchev–Trinajstić information content (AvgIpc) is 2.54. The molecule has 0 bridgehead atoms. The van der Waals surface area contributed by atoms with Crippen molar-refractivity contribution in [3.63, 3.8) is 0 Å². The Bertz CT molecular complexity index is 448. The van der Waals surface area contributed by atoms with Crippen LogP contribution in [0.2, 0.25) is 0 Å². The van der Waals surface area contributed by atoms with Gasteiger partial charge in [0.05, 0.1) is 12.6 Å². The van der Waals surface area contributed by atoms with E-state index in [2.05, 4.69) is 30.9 Å². The zero-order chi connectivity index (χ0) is 14.0. The molecule has 0 spiro atoms. The molecule has 0 N–H and O–H groups in total. The first kappa shape index (κ1) is 14.1. The van der Waals surface area contributed by atoms with Crippen molar-refractivity contribution in [1.82, 2.24) is 4.90 Å². The van der Waals surface area contributed by atoms with Gasteiger partial charge in [-0.15, -0.1) is 0 Å². The highest BCUT2D eigenvalue weighted by molar-refractivity contribution is 5.84. The van der Waals surface area contributed by atoms with Crippen LogP contribution in [0.15, 0.2) is 24.3 Å². The highest BCUT2D eigenvalue weighted by Crippen LogP contribution is 2.28. The van der Waals surface area contributed by atoms with Gasteiger partial charge in [-0.05, 0) is 45.4 Å². The Morgan fingerprint density at radius 3 is 2.37 bits per heavy atom. The Morgan fingerprint density at radius 2 is 1.89 bits per heavy atom. The van der Waals surface area contributed by atoms with Crippen LogP contribution in [-0.4, -0.2) is 28.9 Å². The molecular weight excluding hydrogens is 238 g/mol. The molecule has 0 atom stereocenters. The van der Waals surface area contributed by atoms with E-state index in [0.29, 0.717) is 18.7 Å². The van der Waals surface area contributed by atoms with Gasteiger partial charge in [0, 0.05) is 18.5 Å². The van der Waals surface area contributed by atoms with Crippen LogP contribution in [0.1, 0.15) is 39.7 Å². The third-order valence-corrected chi connectivity index (χ3v) is 3.52. The number of hydrogen-bond donors (Lipinski definition) is 0. The molecule has 1 aromatic carbocycles. The lowest BCUT2D eigenvalue weighted by Crippen LogP contribution is -2.37. The quantitative estimate of drug-likeness (QED) is 0.834. The molecule has 3 heteroatoms. The van der Waals surface area contributed by atoms with Gasteiger partial charge in [-0.3, -0.25) is 9.69 Å². The summed E-state index contributed by atoms with van der Waals surface area (Å²) in [5, 5.41) is 0. The minimum absolute atomic E-state index is 0.0236. The van der Waals surface area contributed by atoms with E-state index in [0.717, 1.165) is 12.3 Å². The summed E-state index contributed by atoms with van der Waals surface area (Å²) in [5.74, 6) is 1.24. The van der Waals surface area contributed by atoms with E-state index in [1.54, 1.807) is 0 Å². The number of likely N-dealkylation sites (tertiary alicyclic amines) is 1. The second kappa shape index (κ2) is 5.33. The van der Waals surface area contributed by atoms with E-state index in [1.807, 2.05) is 26.0 Å². The molecule has 1 fully saturated rings. The molecule has 0 saturated carbocycles. The average molecular weight is 261 g/mol. The van der Waals surface area contributed by atoms with Crippen LogP contribution in [0.25, 0.3) is 0 Å². The number of ether oxygens (including phenoxy) is 1. The lowest BCUT2D eigenvalue weighted by Gasteiger charge is -2.30. The zero-order valence-electron chi connectivity index (χ0n) is 12.3. The summed E-state index contributed by atoms with van der Waals surface area (Å²) in [7, 11) is 0. The van der Waals surface area contributed by atoms with Crippen molar-refractivity contribution in [2.24, 2.45) is 0 Å². The maximum Gasteiger partial charge on any atom is 0.148 e. The number of ketones is 1. The van der Waals surface area contributed by atoms with E-state index >= 15 is 0 Å². The molecule has 0 aromatic heterocycles. The Morgan fingerprint density at radius 1 is 1.26 bits per heavy atom. The van der Waals surface area contributed by atoms with Gasteiger partial charge in [-0.1, -0.05) is 12.1 Å². The molecule has 2 rings (SSSR count). The Balaban J connectivity index is 2.02. The van der Waals surface area contributed by atoms with Crippen molar-refractivity contribution in [3.05, 3.63) is 29.8 Å². The molecule has 1 aliphatic rings. The molecule has 19 heavy (non-hydrogen) atoms. The monoisotopic (exact) mass is 261 g/mol. The lowest BCUT2D eigenvalue weighted by molar-refractivity contribution is -0.117. The maximum absolute atomic E-state index is 11.6. The van der Waals surface area contributed by atoms with Crippen LogP contribution in [0.4, 0.5) is 0 Å². The van der Waals surface area contributed by atoms with E-state index in [9.17, 15) is 4.79 Å². The Kier molecular flexibility index (Phi) is 3.95. The molecule has 1 aromatic rings. The van der Waals surface area contributed by atoms with Crippen LogP contribution in [0, 0.1) is 0 Å². The normalized spacial score (nSPS) is 19.1. The standard InChI is InChI=1S/C16H23NO2/c1-12(2)19-15-7-5-13(6-8-15)10-17-11-14(18)9-16(17,3)4/h5-8,12H,9-11H2,1-4H3. The third-order valence-electron chi connectivity index (χ3n) is 3.52. The predicted molar refractivity (Wildman–Crippen MR) is 76.3 cm³/mol. The summed E-state index contributed by atoms with van der Waals surface area (Å²) in [5.41, 5.74) is 1.20. The summed E-state index contributed by atoms with van der Waals surface area (Å²) in [6.07, 6.45) is 0.850. The van der Waals surface area contributed by atoms with Crippen LogP contribution >= 0.6 is 0 Å². The molecule has 0 radical (unpaired) electrons. The van der Waals surface area contributed by atoms with Gasteiger partial charge >= 0.3 is 0 Å².